The second-order valence-corrected chi connectivity index (χ2v) is 3.26. The van der Waals surface area contributed by atoms with E-state index >= 15 is 0 Å². The van der Waals surface area contributed by atoms with Crippen molar-refractivity contribution in [3.63, 3.8) is 0 Å². The van der Waals surface area contributed by atoms with Gasteiger partial charge in [0, 0.05) is 13.1 Å². The molecule has 0 saturated carbocycles. The molecule has 3 heteroatoms. The lowest BCUT2D eigenvalue weighted by molar-refractivity contribution is 0.0260. The molecule has 1 aromatic rings. The van der Waals surface area contributed by atoms with Crippen LogP contribution in [-0.2, 0) is 4.74 Å². The van der Waals surface area contributed by atoms with Crippen molar-refractivity contribution in [2.24, 2.45) is 0 Å². The molecule has 3 nitrogen and oxygen atoms in total. The standard InChI is InChI=1S/C11H14NO2/c1-13-10-4-2-9(3-5-10)11-8-12-6-7-14-11/h2-5,11H,6-8H2,1H3/t11-/m0/s1. The average molecular weight is 192 g/mol. The molecular weight excluding hydrogens is 178 g/mol. The van der Waals surface area contributed by atoms with E-state index in [1.54, 1.807) is 7.11 Å². The number of ether oxygens (including phenoxy) is 2. The number of methoxy groups -OCH3 is 1. The summed E-state index contributed by atoms with van der Waals surface area (Å²) in [5, 5.41) is 4.32. The van der Waals surface area contributed by atoms with Crippen LogP contribution in [0.4, 0.5) is 0 Å². The fourth-order valence-corrected chi connectivity index (χ4v) is 1.54. The molecule has 1 radical (unpaired) electrons. The molecule has 0 aliphatic carbocycles. The predicted molar refractivity (Wildman–Crippen MR) is 53.6 cm³/mol. The third-order valence-corrected chi connectivity index (χ3v) is 2.35. The topological polar surface area (TPSA) is 32.6 Å². The minimum absolute atomic E-state index is 0.134. The minimum Gasteiger partial charge on any atom is -0.497 e. The fourth-order valence-electron chi connectivity index (χ4n) is 1.54. The summed E-state index contributed by atoms with van der Waals surface area (Å²) in [7, 11) is 1.67. The number of benzene rings is 1. The molecule has 1 fully saturated rings. The highest BCUT2D eigenvalue weighted by molar-refractivity contribution is 5.28. The van der Waals surface area contributed by atoms with Gasteiger partial charge in [-0.15, -0.1) is 0 Å². The van der Waals surface area contributed by atoms with Crippen LogP contribution in [-0.4, -0.2) is 26.8 Å². The van der Waals surface area contributed by atoms with E-state index in [-0.39, 0.29) is 6.10 Å². The smallest absolute Gasteiger partial charge is 0.118 e. The zero-order valence-corrected chi connectivity index (χ0v) is 8.27. The molecule has 2 rings (SSSR count). The van der Waals surface area contributed by atoms with E-state index in [0.29, 0.717) is 0 Å². The van der Waals surface area contributed by atoms with Crippen molar-refractivity contribution < 1.29 is 9.47 Å². The Labute approximate surface area is 84.0 Å². The van der Waals surface area contributed by atoms with Gasteiger partial charge in [0.25, 0.3) is 0 Å². The first-order valence-corrected chi connectivity index (χ1v) is 4.79. The average Bonchev–Trinajstić information content (AvgIpc) is 2.30. The summed E-state index contributed by atoms with van der Waals surface area (Å²) >= 11 is 0. The molecule has 1 heterocycles. The van der Waals surface area contributed by atoms with E-state index < -0.39 is 0 Å². The normalized spacial score (nSPS) is 21.9. The van der Waals surface area contributed by atoms with Crippen molar-refractivity contribution >= 4 is 0 Å². The lowest BCUT2D eigenvalue weighted by atomic mass is 10.1. The largest absolute Gasteiger partial charge is 0.497 e. The van der Waals surface area contributed by atoms with E-state index in [4.69, 9.17) is 9.47 Å². The number of rotatable bonds is 2. The summed E-state index contributed by atoms with van der Waals surface area (Å²) in [5.41, 5.74) is 1.18. The molecule has 0 amide bonds. The van der Waals surface area contributed by atoms with Gasteiger partial charge in [0.05, 0.1) is 19.8 Å². The number of hydrogen-bond acceptors (Lipinski definition) is 2. The molecular formula is C11H14NO2. The van der Waals surface area contributed by atoms with Crippen LogP contribution in [0.3, 0.4) is 0 Å². The first-order valence-electron chi connectivity index (χ1n) is 4.79. The van der Waals surface area contributed by atoms with Gasteiger partial charge in [0.15, 0.2) is 0 Å². The monoisotopic (exact) mass is 192 g/mol. The summed E-state index contributed by atoms with van der Waals surface area (Å²) in [6.07, 6.45) is 0.134. The van der Waals surface area contributed by atoms with Gasteiger partial charge in [-0.05, 0) is 17.7 Å². The Hall–Kier alpha value is -1.06. The van der Waals surface area contributed by atoms with E-state index in [1.165, 1.54) is 5.56 Å². The Balaban J connectivity index is 2.07. The van der Waals surface area contributed by atoms with Gasteiger partial charge in [0.2, 0.25) is 0 Å². The van der Waals surface area contributed by atoms with Crippen molar-refractivity contribution in [3.05, 3.63) is 29.8 Å². The Morgan fingerprint density at radius 1 is 1.36 bits per heavy atom. The summed E-state index contributed by atoms with van der Waals surface area (Å²) < 4.78 is 10.7. The third kappa shape index (κ3) is 2.05. The number of nitrogens with zero attached hydrogens (tertiary/aromatic N) is 1. The van der Waals surface area contributed by atoms with Crippen molar-refractivity contribution in [3.8, 4) is 5.75 Å². The van der Waals surface area contributed by atoms with Gasteiger partial charge < -0.3 is 9.47 Å². The van der Waals surface area contributed by atoms with Crippen molar-refractivity contribution in [2.45, 2.75) is 6.10 Å². The molecule has 1 aromatic carbocycles. The Morgan fingerprint density at radius 2 is 2.14 bits per heavy atom. The predicted octanol–water partition coefficient (Wildman–Crippen LogP) is 1.37. The fraction of sp³-hybridized carbons (Fsp3) is 0.455. The summed E-state index contributed by atoms with van der Waals surface area (Å²) in [6.45, 7) is 2.33. The maximum atomic E-state index is 5.60. The summed E-state index contributed by atoms with van der Waals surface area (Å²) in [6, 6.07) is 7.97. The molecule has 75 valence electrons. The molecule has 0 spiro atoms. The second kappa shape index (κ2) is 4.44. The highest BCUT2D eigenvalue weighted by Gasteiger charge is 2.15. The van der Waals surface area contributed by atoms with Crippen LogP contribution in [0, 0.1) is 0 Å². The lowest BCUT2D eigenvalue weighted by Gasteiger charge is -2.22. The zero-order valence-electron chi connectivity index (χ0n) is 8.27. The van der Waals surface area contributed by atoms with Gasteiger partial charge in [-0.1, -0.05) is 12.1 Å². The van der Waals surface area contributed by atoms with Crippen LogP contribution in [0.2, 0.25) is 0 Å². The van der Waals surface area contributed by atoms with Crippen molar-refractivity contribution in [1.82, 2.24) is 5.32 Å². The van der Waals surface area contributed by atoms with Crippen LogP contribution in [0.15, 0.2) is 24.3 Å². The van der Waals surface area contributed by atoms with Gasteiger partial charge in [-0.2, -0.15) is 0 Å². The van der Waals surface area contributed by atoms with E-state index in [9.17, 15) is 0 Å². The first kappa shape index (κ1) is 9.49. The van der Waals surface area contributed by atoms with Crippen LogP contribution >= 0.6 is 0 Å². The van der Waals surface area contributed by atoms with Crippen LogP contribution in [0.5, 0.6) is 5.75 Å². The minimum atomic E-state index is 0.134. The van der Waals surface area contributed by atoms with Crippen molar-refractivity contribution in [1.29, 1.82) is 0 Å². The van der Waals surface area contributed by atoms with E-state index in [2.05, 4.69) is 5.32 Å². The second-order valence-electron chi connectivity index (χ2n) is 3.26. The molecule has 1 aliphatic rings. The lowest BCUT2D eigenvalue weighted by Crippen LogP contribution is -2.28. The van der Waals surface area contributed by atoms with Gasteiger partial charge >= 0.3 is 0 Å². The molecule has 0 unspecified atom stereocenters. The molecule has 14 heavy (non-hydrogen) atoms. The zero-order chi connectivity index (χ0) is 9.80. The van der Waals surface area contributed by atoms with Crippen LogP contribution in [0.1, 0.15) is 11.7 Å². The first-order chi connectivity index (χ1) is 6.90. The molecule has 0 N–H and O–H groups in total. The maximum Gasteiger partial charge on any atom is 0.118 e. The molecule has 1 saturated heterocycles. The third-order valence-electron chi connectivity index (χ3n) is 2.35. The molecule has 1 atom stereocenters. The maximum absolute atomic E-state index is 5.60. The number of morpholine rings is 1. The highest BCUT2D eigenvalue weighted by Crippen LogP contribution is 2.21. The highest BCUT2D eigenvalue weighted by atomic mass is 16.5. The van der Waals surface area contributed by atoms with Crippen LogP contribution in [0.25, 0.3) is 0 Å². The summed E-state index contributed by atoms with van der Waals surface area (Å²) in [4.78, 5) is 0. The quantitative estimate of drug-likeness (QED) is 0.709. The molecule has 1 aliphatic heterocycles. The van der Waals surface area contributed by atoms with Gasteiger partial charge in [-0.25, -0.2) is 5.32 Å². The van der Waals surface area contributed by atoms with E-state index in [0.717, 1.165) is 25.4 Å². The van der Waals surface area contributed by atoms with Crippen LogP contribution < -0.4 is 10.1 Å². The van der Waals surface area contributed by atoms with Gasteiger partial charge in [-0.3, -0.25) is 0 Å². The summed E-state index contributed by atoms with van der Waals surface area (Å²) in [5.74, 6) is 0.876. The van der Waals surface area contributed by atoms with E-state index in [1.807, 2.05) is 24.3 Å². The Bertz CT molecular complexity index is 278. The SMILES string of the molecule is COc1ccc([C@@H]2C[N]CCO2)cc1. The molecule has 0 bridgehead atoms. The number of hydrogen-bond donors (Lipinski definition) is 0. The van der Waals surface area contributed by atoms with Gasteiger partial charge in [0.1, 0.15) is 5.75 Å². The Morgan fingerprint density at radius 3 is 2.71 bits per heavy atom. The van der Waals surface area contributed by atoms with Crippen molar-refractivity contribution in [2.75, 3.05) is 26.8 Å². The Kier molecular flexibility index (Phi) is 3.01. The molecule has 0 aromatic heterocycles.